The summed E-state index contributed by atoms with van der Waals surface area (Å²) in [6.07, 6.45) is 0.897. The van der Waals surface area contributed by atoms with Crippen molar-refractivity contribution in [3.63, 3.8) is 0 Å². The molecule has 3 nitrogen and oxygen atoms in total. The number of hydrogen-bond acceptors (Lipinski definition) is 2. The van der Waals surface area contributed by atoms with Crippen molar-refractivity contribution in [2.24, 2.45) is 5.92 Å². The number of benzene rings is 1. The Bertz CT molecular complexity index is 352. The largest absolute Gasteiger partial charge is 0.445 e. The summed E-state index contributed by atoms with van der Waals surface area (Å²) in [4.78, 5) is 13.5. The predicted molar refractivity (Wildman–Crippen MR) is 96.0 cm³/mol. The van der Waals surface area contributed by atoms with Crippen molar-refractivity contribution in [1.29, 1.82) is 0 Å². The minimum absolute atomic E-state index is 0.187. The third-order valence-electron chi connectivity index (χ3n) is 2.89. The van der Waals surface area contributed by atoms with Crippen molar-refractivity contribution in [3.05, 3.63) is 35.9 Å². The minimum Gasteiger partial charge on any atom is -0.445 e. The first-order chi connectivity index (χ1) is 10.8. The summed E-state index contributed by atoms with van der Waals surface area (Å²) in [5.74, 6) is 0.601. The Morgan fingerprint density at radius 1 is 1.09 bits per heavy atom. The summed E-state index contributed by atoms with van der Waals surface area (Å²) >= 11 is 0. The monoisotopic (exact) mass is 309 g/mol. The van der Waals surface area contributed by atoms with Crippen LogP contribution in [0.15, 0.2) is 30.3 Å². The molecule has 22 heavy (non-hydrogen) atoms. The van der Waals surface area contributed by atoms with E-state index in [-0.39, 0.29) is 6.09 Å². The maximum Gasteiger partial charge on any atom is 0.410 e. The number of likely N-dealkylation sites (tertiary alicyclic amines) is 1. The first-order valence-corrected chi connectivity index (χ1v) is 8.71. The van der Waals surface area contributed by atoms with Gasteiger partial charge in [-0.05, 0) is 17.9 Å². The average Bonchev–Trinajstić information content (AvgIpc) is 3.05. The molecule has 1 unspecified atom stereocenters. The summed E-state index contributed by atoms with van der Waals surface area (Å²) < 4.78 is 5.25. The predicted octanol–water partition coefficient (Wildman–Crippen LogP) is 5.74. The molecule has 1 fully saturated rings. The fourth-order valence-corrected chi connectivity index (χ4v) is 1.91. The molecule has 1 aromatic carbocycles. The van der Waals surface area contributed by atoms with Gasteiger partial charge in [-0.15, -0.1) is 0 Å². The van der Waals surface area contributed by atoms with Crippen LogP contribution in [0.3, 0.4) is 0 Å². The molecule has 0 aromatic heterocycles. The van der Waals surface area contributed by atoms with Gasteiger partial charge >= 0.3 is 6.09 Å². The van der Waals surface area contributed by atoms with Crippen LogP contribution in [-0.2, 0) is 11.3 Å². The lowest BCUT2D eigenvalue weighted by atomic mass is 10.2. The van der Waals surface area contributed by atoms with E-state index in [4.69, 9.17) is 4.74 Å². The summed E-state index contributed by atoms with van der Waals surface area (Å²) in [6.45, 7) is 16.2. The lowest BCUT2D eigenvalue weighted by Gasteiger charge is -2.15. The topological polar surface area (TPSA) is 29.5 Å². The molecule has 2 rings (SSSR count). The number of carbonyl (C=O) groups is 1. The normalized spacial score (nSPS) is 15.2. The van der Waals surface area contributed by atoms with E-state index in [9.17, 15) is 4.79 Å². The molecule has 1 atom stereocenters. The molecule has 1 aliphatic rings. The number of ether oxygens (including phenoxy) is 1. The van der Waals surface area contributed by atoms with Crippen molar-refractivity contribution in [3.8, 4) is 0 Å². The van der Waals surface area contributed by atoms with E-state index < -0.39 is 0 Å². The molecule has 1 saturated heterocycles. The smallest absolute Gasteiger partial charge is 0.410 e. The van der Waals surface area contributed by atoms with Gasteiger partial charge in [-0.3, -0.25) is 0 Å². The van der Waals surface area contributed by atoms with E-state index in [0.717, 1.165) is 25.1 Å². The van der Waals surface area contributed by atoms with Gasteiger partial charge < -0.3 is 9.64 Å². The molecule has 0 aliphatic carbocycles. The third-order valence-corrected chi connectivity index (χ3v) is 2.89. The molecule has 0 N–H and O–H groups in total. The molecule has 1 aromatic rings. The highest BCUT2D eigenvalue weighted by molar-refractivity contribution is 5.67. The lowest BCUT2D eigenvalue weighted by Crippen LogP contribution is -2.28. The van der Waals surface area contributed by atoms with E-state index in [0.29, 0.717) is 12.5 Å². The van der Waals surface area contributed by atoms with Crippen molar-refractivity contribution < 1.29 is 9.53 Å². The van der Waals surface area contributed by atoms with Gasteiger partial charge in [0.05, 0.1) is 0 Å². The highest BCUT2D eigenvalue weighted by Crippen LogP contribution is 2.16. The van der Waals surface area contributed by atoms with Gasteiger partial charge in [-0.25, -0.2) is 4.79 Å². The van der Waals surface area contributed by atoms with Crippen molar-refractivity contribution in [1.82, 2.24) is 4.90 Å². The Balaban J connectivity index is 0. The molecular weight excluding hydrogens is 274 g/mol. The Labute approximate surface area is 137 Å². The molecule has 1 aliphatic heterocycles. The van der Waals surface area contributed by atoms with Crippen LogP contribution < -0.4 is 0 Å². The van der Waals surface area contributed by atoms with Crippen LogP contribution >= 0.6 is 0 Å². The zero-order valence-electron chi connectivity index (χ0n) is 15.6. The third kappa shape index (κ3) is 9.43. The van der Waals surface area contributed by atoms with Gasteiger partial charge in [0.2, 0.25) is 0 Å². The second kappa shape index (κ2) is 15.9. The zero-order valence-corrected chi connectivity index (χ0v) is 15.6. The fraction of sp³-hybridized carbons (Fsp3) is 0.632. The molecule has 3 heteroatoms. The van der Waals surface area contributed by atoms with Crippen LogP contribution in [0.5, 0.6) is 0 Å². The second-order valence-electron chi connectivity index (χ2n) is 4.38. The van der Waals surface area contributed by atoms with E-state index in [1.54, 1.807) is 4.90 Å². The second-order valence-corrected chi connectivity index (χ2v) is 4.38. The zero-order chi connectivity index (χ0) is 17.4. The van der Waals surface area contributed by atoms with Crippen LogP contribution in [0, 0.1) is 5.92 Å². The van der Waals surface area contributed by atoms with E-state index in [1.807, 2.05) is 71.9 Å². The minimum atomic E-state index is -0.187. The van der Waals surface area contributed by atoms with E-state index in [2.05, 4.69) is 6.92 Å². The highest BCUT2D eigenvalue weighted by atomic mass is 16.6. The molecule has 0 bridgehead atoms. The van der Waals surface area contributed by atoms with Gasteiger partial charge in [-0.2, -0.15) is 0 Å². The molecule has 0 saturated carbocycles. The van der Waals surface area contributed by atoms with E-state index >= 15 is 0 Å². The number of hydrogen-bond donors (Lipinski definition) is 0. The summed E-state index contributed by atoms with van der Waals surface area (Å²) in [6, 6.07) is 9.76. The molecule has 1 amide bonds. The highest BCUT2D eigenvalue weighted by Gasteiger charge is 2.24. The van der Waals surface area contributed by atoms with Crippen LogP contribution in [0.4, 0.5) is 4.79 Å². The number of amides is 1. The standard InChI is InChI=1S/C13H17NO2.3C2H6/c1-11-7-8-14(9-11)13(15)16-10-12-5-3-2-4-6-12;3*1-2/h2-6,11H,7-10H2,1H3;3*1-2H3. The fourth-order valence-electron chi connectivity index (χ4n) is 1.91. The lowest BCUT2D eigenvalue weighted by molar-refractivity contribution is 0.103. The van der Waals surface area contributed by atoms with Gasteiger partial charge in [0.15, 0.2) is 0 Å². The van der Waals surface area contributed by atoms with Crippen molar-refractivity contribution in [2.45, 2.75) is 61.5 Å². The van der Waals surface area contributed by atoms with Crippen LogP contribution in [-0.4, -0.2) is 24.1 Å². The molecule has 128 valence electrons. The summed E-state index contributed by atoms with van der Waals surface area (Å²) in [5, 5.41) is 0. The Hall–Kier alpha value is -1.51. The van der Waals surface area contributed by atoms with Gasteiger partial charge in [0.1, 0.15) is 6.61 Å². The Kier molecular flexibility index (Phi) is 16.4. The number of rotatable bonds is 2. The maximum atomic E-state index is 11.7. The quantitative estimate of drug-likeness (QED) is 0.696. The Morgan fingerprint density at radius 3 is 2.09 bits per heavy atom. The van der Waals surface area contributed by atoms with Crippen molar-refractivity contribution >= 4 is 6.09 Å². The molecule has 0 radical (unpaired) electrons. The van der Waals surface area contributed by atoms with Gasteiger partial charge in [0.25, 0.3) is 0 Å². The van der Waals surface area contributed by atoms with Crippen molar-refractivity contribution in [2.75, 3.05) is 13.1 Å². The SMILES string of the molecule is CC.CC.CC.CC1CCN(C(=O)OCc2ccccc2)C1. The molecule has 0 spiro atoms. The average molecular weight is 309 g/mol. The number of carbonyl (C=O) groups excluding carboxylic acids is 1. The number of nitrogens with zero attached hydrogens (tertiary/aromatic N) is 1. The van der Waals surface area contributed by atoms with E-state index in [1.165, 1.54) is 0 Å². The molecular formula is C19H35NO2. The summed E-state index contributed by atoms with van der Waals surface area (Å²) in [7, 11) is 0. The van der Waals surface area contributed by atoms with Gasteiger partial charge in [-0.1, -0.05) is 78.8 Å². The molecule has 1 heterocycles. The van der Waals surface area contributed by atoms with Crippen LogP contribution in [0.1, 0.15) is 60.5 Å². The summed E-state index contributed by atoms with van der Waals surface area (Å²) in [5.41, 5.74) is 1.03. The maximum absolute atomic E-state index is 11.7. The first-order valence-electron chi connectivity index (χ1n) is 8.71. The van der Waals surface area contributed by atoms with Crippen LogP contribution in [0.2, 0.25) is 0 Å². The van der Waals surface area contributed by atoms with Gasteiger partial charge in [0, 0.05) is 13.1 Å². The van der Waals surface area contributed by atoms with Crippen LogP contribution in [0.25, 0.3) is 0 Å². The Morgan fingerprint density at radius 2 is 1.64 bits per heavy atom. The first kappa shape index (κ1) is 22.8.